The average Bonchev–Trinajstić information content (AvgIpc) is 2.28. The SMILES string of the molecule is Cc1c(Br)cc(C(=O)O)cc1S(=O)(=O)N1CC(C)(O)C1. The molecule has 0 radical (unpaired) electrons. The van der Waals surface area contributed by atoms with Crippen molar-refractivity contribution in [1.29, 1.82) is 0 Å². The number of nitrogens with zero attached hydrogens (tertiary/aromatic N) is 1. The van der Waals surface area contributed by atoms with Crippen molar-refractivity contribution in [2.45, 2.75) is 24.3 Å². The van der Waals surface area contributed by atoms with Crippen molar-refractivity contribution in [3.63, 3.8) is 0 Å². The van der Waals surface area contributed by atoms with Gasteiger partial charge in [-0.3, -0.25) is 0 Å². The number of carbonyl (C=O) groups is 1. The average molecular weight is 364 g/mol. The van der Waals surface area contributed by atoms with E-state index in [9.17, 15) is 18.3 Å². The summed E-state index contributed by atoms with van der Waals surface area (Å²) in [5, 5.41) is 18.7. The van der Waals surface area contributed by atoms with E-state index in [4.69, 9.17) is 5.11 Å². The largest absolute Gasteiger partial charge is 0.478 e. The van der Waals surface area contributed by atoms with Gasteiger partial charge in [-0.05, 0) is 31.5 Å². The molecule has 0 atom stereocenters. The zero-order valence-electron chi connectivity index (χ0n) is 10.9. The van der Waals surface area contributed by atoms with E-state index >= 15 is 0 Å². The van der Waals surface area contributed by atoms with E-state index in [2.05, 4.69) is 15.9 Å². The molecular formula is C12H14BrNO5S. The molecule has 0 saturated carbocycles. The number of hydrogen-bond acceptors (Lipinski definition) is 4. The lowest BCUT2D eigenvalue weighted by Gasteiger charge is -2.43. The Morgan fingerprint density at radius 3 is 2.40 bits per heavy atom. The highest BCUT2D eigenvalue weighted by atomic mass is 79.9. The summed E-state index contributed by atoms with van der Waals surface area (Å²) in [6.45, 7) is 3.16. The van der Waals surface area contributed by atoms with Gasteiger partial charge in [-0.25, -0.2) is 13.2 Å². The molecule has 2 N–H and O–H groups in total. The summed E-state index contributed by atoms with van der Waals surface area (Å²) in [5.74, 6) is -1.20. The van der Waals surface area contributed by atoms with Crippen molar-refractivity contribution >= 4 is 31.9 Å². The number of carboxylic acids is 1. The van der Waals surface area contributed by atoms with Crippen molar-refractivity contribution in [2.75, 3.05) is 13.1 Å². The number of sulfonamides is 1. The van der Waals surface area contributed by atoms with Crippen LogP contribution in [0.1, 0.15) is 22.8 Å². The summed E-state index contributed by atoms with van der Waals surface area (Å²) in [5.41, 5.74) is -0.683. The van der Waals surface area contributed by atoms with Gasteiger partial charge in [-0.15, -0.1) is 0 Å². The fourth-order valence-corrected chi connectivity index (χ4v) is 4.61. The van der Waals surface area contributed by atoms with E-state index in [0.29, 0.717) is 10.0 Å². The molecule has 0 amide bonds. The lowest BCUT2D eigenvalue weighted by Crippen LogP contribution is -2.61. The Morgan fingerprint density at radius 1 is 1.40 bits per heavy atom. The standard InChI is InChI=1S/C12H14BrNO5S/c1-7-9(13)3-8(11(15)16)4-10(7)20(18,19)14-5-12(2,17)6-14/h3-4,17H,5-6H2,1-2H3,(H,15,16). The second-order valence-electron chi connectivity index (χ2n) is 5.16. The fourth-order valence-electron chi connectivity index (χ4n) is 2.07. The predicted octanol–water partition coefficient (Wildman–Crippen LogP) is 1.21. The summed E-state index contributed by atoms with van der Waals surface area (Å²) < 4.78 is 26.5. The Labute approximate surface area is 125 Å². The molecule has 1 fully saturated rings. The van der Waals surface area contributed by atoms with Crippen LogP contribution < -0.4 is 0 Å². The highest BCUT2D eigenvalue weighted by molar-refractivity contribution is 9.10. The first-order chi connectivity index (χ1) is 9.04. The van der Waals surface area contributed by atoms with Crippen LogP contribution in [0.5, 0.6) is 0 Å². The number of benzene rings is 1. The fraction of sp³-hybridized carbons (Fsp3) is 0.417. The van der Waals surface area contributed by atoms with Crippen LogP contribution in [0.4, 0.5) is 0 Å². The van der Waals surface area contributed by atoms with Crippen LogP contribution >= 0.6 is 15.9 Å². The van der Waals surface area contributed by atoms with E-state index in [0.717, 1.165) is 10.4 Å². The third kappa shape index (κ3) is 2.60. The minimum Gasteiger partial charge on any atom is -0.478 e. The smallest absolute Gasteiger partial charge is 0.335 e. The number of β-amino-alcohol motifs (C(OH)–C–C–N with tert-alkyl or cyclic N) is 1. The molecule has 20 heavy (non-hydrogen) atoms. The maximum atomic E-state index is 12.5. The van der Waals surface area contributed by atoms with Gasteiger partial charge in [0.25, 0.3) is 0 Å². The third-order valence-electron chi connectivity index (χ3n) is 3.20. The Balaban J connectivity index is 2.49. The highest BCUT2D eigenvalue weighted by Gasteiger charge is 2.44. The molecular weight excluding hydrogens is 350 g/mol. The van der Waals surface area contributed by atoms with E-state index in [1.54, 1.807) is 13.8 Å². The first-order valence-electron chi connectivity index (χ1n) is 5.80. The van der Waals surface area contributed by atoms with Crippen molar-refractivity contribution in [2.24, 2.45) is 0 Å². The van der Waals surface area contributed by atoms with Gasteiger partial charge < -0.3 is 10.2 Å². The molecule has 8 heteroatoms. The topological polar surface area (TPSA) is 94.9 Å². The minimum absolute atomic E-state index is 0.00366. The molecule has 0 aliphatic carbocycles. The molecule has 6 nitrogen and oxygen atoms in total. The van der Waals surface area contributed by atoms with Crippen molar-refractivity contribution in [3.8, 4) is 0 Å². The van der Waals surface area contributed by atoms with Crippen molar-refractivity contribution in [3.05, 3.63) is 27.7 Å². The van der Waals surface area contributed by atoms with Gasteiger partial charge in [0.05, 0.1) is 16.1 Å². The van der Waals surface area contributed by atoms with Gasteiger partial charge in [0, 0.05) is 17.6 Å². The summed E-state index contributed by atoms with van der Waals surface area (Å²) in [4.78, 5) is 11.0. The van der Waals surface area contributed by atoms with Crippen molar-refractivity contribution < 1.29 is 23.4 Å². The molecule has 110 valence electrons. The number of carboxylic acid groups (broad SMARTS) is 1. The Kier molecular flexibility index (Phi) is 3.70. The van der Waals surface area contributed by atoms with Gasteiger partial charge in [0.15, 0.2) is 0 Å². The predicted molar refractivity (Wildman–Crippen MR) is 75.2 cm³/mol. The lowest BCUT2D eigenvalue weighted by molar-refractivity contribution is -0.0426. The normalized spacial score (nSPS) is 18.6. The van der Waals surface area contributed by atoms with Crippen LogP contribution in [-0.4, -0.2) is 47.6 Å². The molecule has 0 unspecified atom stereocenters. The lowest BCUT2D eigenvalue weighted by atomic mass is 10.0. The van der Waals surface area contributed by atoms with Crippen molar-refractivity contribution in [1.82, 2.24) is 4.31 Å². The first kappa shape index (κ1) is 15.4. The van der Waals surface area contributed by atoms with Crippen LogP contribution in [0.25, 0.3) is 0 Å². The maximum Gasteiger partial charge on any atom is 0.335 e. The zero-order valence-corrected chi connectivity index (χ0v) is 13.3. The molecule has 0 bridgehead atoms. The van der Waals surface area contributed by atoms with Crippen LogP contribution in [0.2, 0.25) is 0 Å². The van der Waals surface area contributed by atoms with Crippen LogP contribution in [-0.2, 0) is 10.0 Å². The van der Waals surface area contributed by atoms with Gasteiger partial charge >= 0.3 is 5.97 Å². The minimum atomic E-state index is -3.80. The maximum absolute atomic E-state index is 12.5. The van der Waals surface area contributed by atoms with Gasteiger partial charge in [-0.2, -0.15) is 4.31 Å². The molecule has 1 heterocycles. The molecule has 2 rings (SSSR count). The Bertz CT molecular complexity index is 675. The van der Waals surface area contributed by atoms with Gasteiger partial charge in [0.1, 0.15) is 0 Å². The summed E-state index contributed by atoms with van der Waals surface area (Å²) in [6.07, 6.45) is 0. The quantitative estimate of drug-likeness (QED) is 0.841. The van der Waals surface area contributed by atoms with E-state index < -0.39 is 21.6 Å². The number of rotatable bonds is 3. The number of aromatic carboxylic acids is 1. The number of aliphatic hydroxyl groups is 1. The summed E-state index contributed by atoms with van der Waals surface area (Å²) in [6, 6.07) is 2.51. The molecule has 1 saturated heterocycles. The van der Waals surface area contributed by atoms with Crippen LogP contribution in [0.3, 0.4) is 0 Å². The molecule has 1 aromatic rings. The first-order valence-corrected chi connectivity index (χ1v) is 8.04. The van der Waals surface area contributed by atoms with Gasteiger partial charge in [0.2, 0.25) is 10.0 Å². The Hall–Kier alpha value is -0.960. The molecule has 0 spiro atoms. The third-order valence-corrected chi connectivity index (χ3v) is 5.94. The molecule has 1 aliphatic heterocycles. The second kappa shape index (κ2) is 4.80. The Morgan fingerprint density at radius 2 is 1.95 bits per heavy atom. The van der Waals surface area contributed by atoms with E-state index in [1.807, 2.05) is 0 Å². The molecule has 0 aromatic heterocycles. The van der Waals surface area contributed by atoms with Crippen LogP contribution in [0.15, 0.2) is 21.5 Å². The van der Waals surface area contributed by atoms with E-state index in [-0.39, 0.29) is 23.5 Å². The molecule has 1 aliphatic rings. The molecule has 1 aromatic carbocycles. The number of hydrogen-bond donors (Lipinski definition) is 2. The summed E-state index contributed by atoms with van der Waals surface area (Å²) >= 11 is 3.17. The monoisotopic (exact) mass is 363 g/mol. The summed E-state index contributed by atoms with van der Waals surface area (Å²) in [7, 11) is -3.80. The highest BCUT2D eigenvalue weighted by Crippen LogP contribution is 2.32. The zero-order chi connectivity index (χ0) is 15.3. The van der Waals surface area contributed by atoms with Gasteiger partial charge in [-0.1, -0.05) is 15.9 Å². The number of halogens is 1. The second-order valence-corrected chi connectivity index (χ2v) is 7.92. The van der Waals surface area contributed by atoms with E-state index in [1.165, 1.54) is 6.07 Å². The van der Waals surface area contributed by atoms with Crippen LogP contribution in [0, 0.1) is 6.92 Å².